The highest BCUT2D eigenvalue weighted by Crippen LogP contribution is 2.25. The number of benzene rings is 2. The van der Waals surface area contributed by atoms with Crippen LogP contribution in [0.4, 0.5) is 0 Å². The SMILES string of the molecule is CCOCCCN(CC(=O)N(Cc1ccccc1)Cc1ccc(C)o1)S(=O)(=O)c1ccc(C(C)(C)C)cc1. The number of carbonyl (C=O) groups excluding carboxylic acids is 1. The molecule has 0 aliphatic heterocycles. The predicted molar refractivity (Wildman–Crippen MR) is 149 cm³/mol. The van der Waals surface area contributed by atoms with E-state index in [-0.39, 0.29) is 35.9 Å². The number of carbonyl (C=O) groups is 1. The van der Waals surface area contributed by atoms with Gasteiger partial charge >= 0.3 is 0 Å². The molecule has 0 spiro atoms. The topological polar surface area (TPSA) is 80.1 Å². The van der Waals surface area contributed by atoms with Gasteiger partial charge in [-0.25, -0.2) is 8.42 Å². The fourth-order valence-corrected chi connectivity index (χ4v) is 5.52. The number of rotatable bonds is 13. The van der Waals surface area contributed by atoms with Crippen molar-refractivity contribution in [2.75, 3.05) is 26.3 Å². The number of aryl methyl sites for hydroxylation is 1. The van der Waals surface area contributed by atoms with Gasteiger partial charge in [-0.15, -0.1) is 0 Å². The molecule has 1 amide bonds. The molecule has 3 aromatic rings. The van der Waals surface area contributed by atoms with E-state index in [2.05, 4.69) is 20.8 Å². The number of hydrogen-bond donors (Lipinski definition) is 0. The molecule has 3 rings (SSSR count). The van der Waals surface area contributed by atoms with Crippen LogP contribution in [0.25, 0.3) is 0 Å². The molecule has 0 saturated heterocycles. The molecule has 0 radical (unpaired) electrons. The van der Waals surface area contributed by atoms with Crippen LogP contribution in [0.1, 0.15) is 56.8 Å². The van der Waals surface area contributed by atoms with Gasteiger partial charge < -0.3 is 14.1 Å². The summed E-state index contributed by atoms with van der Waals surface area (Å²) < 4.78 is 39.9. The molecule has 38 heavy (non-hydrogen) atoms. The summed E-state index contributed by atoms with van der Waals surface area (Å²) in [7, 11) is -3.91. The van der Waals surface area contributed by atoms with Gasteiger partial charge in [0.1, 0.15) is 11.5 Å². The van der Waals surface area contributed by atoms with E-state index in [1.165, 1.54) is 4.31 Å². The lowest BCUT2D eigenvalue weighted by molar-refractivity contribution is -0.133. The van der Waals surface area contributed by atoms with Crippen LogP contribution in [-0.2, 0) is 38.1 Å². The van der Waals surface area contributed by atoms with Crippen LogP contribution in [0.5, 0.6) is 0 Å². The minimum absolute atomic E-state index is 0.0996. The average Bonchev–Trinajstić information content (AvgIpc) is 3.30. The number of nitrogens with zero attached hydrogens (tertiary/aromatic N) is 2. The Bertz CT molecular complexity index is 1260. The largest absolute Gasteiger partial charge is 0.464 e. The Morgan fingerprint density at radius 1 is 0.947 bits per heavy atom. The molecule has 7 nitrogen and oxygen atoms in total. The molecule has 0 saturated carbocycles. The van der Waals surface area contributed by atoms with Crippen LogP contribution >= 0.6 is 0 Å². The Morgan fingerprint density at radius 3 is 2.21 bits per heavy atom. The lowest BCUT2D eigenvalue weighted by Gasteiger charge is -2.27. The van der Waals surface area contributed by atoms with E-state index in [0.29, 0.717) is 31.9 Å². The van der Waals surface area contributed by atoms with Gasteiger partial charge in [0, 0.05) is 26.3 Å². The van der Waals surface area contributed by atoms with Gasteiger partial charge in [0.25, 0.3) is 0 Å². The zero-order chi connectivity index (χ0) is 27.8. The summed E-state index contributed by atoms with van der Waals surface area (Å²) >= 11 is 0. The number of amides is 1. The summed E-state index contributed by atoms with van der Waals surface area (Å²) in [6, 6.07) is 20.3. The number of ether oxygens (including phenoxy) is 1. The molecule has 0 atom stereocenters. The Morgan fingerprint density at radius 2 is 1.63 bits per heavy atom. The minimum Gasteiger partial charge on any atom is -0.464 e. The molecule has 0 aliphatic rings. The van der Waals surface area contributed by atoms with Crippen molar-refractivity contribution in [3.63, 3.8) is 0 Å². The second kappa shape index (κ2) is 13.2. The Labute approximate surface area is 227 Å². The first kappa shape index (κ1) is 29.6. The average molecular weight is 541 g/mol. The first-order valence-electron chi connectivity index (χ1n) is 13.1. The lowest BCUT2D eigenvalue weighted by Crippen LogP contribution is -2.43. The van der Waals surface area contributed by atoms with Crippen LogP contribution in [-0.4, -0.2) is 49.8 Å². The van der Waals surface area contributed by atoms with Crippen molar-refractivity contribution in [3.8, 4) is 0 Å². The van der Waals surface area contributed by atoms with Crippen molar-refractivity contribution >= 4 is 15.9 Å². The Hall–Kier alpha value is -2.94. The molecule has 2 aromatic carbocycles. The Kier molecular flexibility index (Phi) is 10.3. The van der Waals surface area contributed by atoms with Crippen molar-refractivity contribution in [1.29, 1.82) is 0 Å². The molecule has 0 unspecified atom stereocenters. The standard InChI is InChI=1S/C30H40N2O5S/c1-6-36-20-10-19-32(38(34,35)28-17-14-26(15-18-28)30(3,4)5)23-29(33)31(21-25-11-8-7-9-12-25)22-27-16-13-24(2)37-27/h7-9,11-18H,6,10,19-23H2,1-5H3. The predicted octanol–water partition coefficient (Wildman–Crippen LogP) is 5.53. The zero-order valence-electron chi connectivity index (χ0n) is 23.1. The maximum atomic E-state index is 13.7. The summed E-state index contributed by atoms with van der Waals surface area (Å²) in [5.74, 6) is 1.11. The van der Waals surface area contributed by atoms with Crippen molar-refractivity contribution in [1.82, 2.24) is 9.21 Å². The third-order valence-corrected chi connectivity index (χ3v) is 8.14. The molecule has 0 N–H and O–H groups in total. The molecular formula is C30H40N2O5S. The normalized spacial score (nSPS) is 12.2. The van der Waals surface area contributed by atoms with Crippen LogP contribution in [0, 0.1) is 6.92 Å². The van der Waals surface area contributed by atoms with E-state index in [1.807, 2.05) is 68.4 Å². The van der Waals surface area contributed by atoms with Crippen LogP contribution < -0.4 is 0 Å². The number of sulfonamides is 1. The van der Waals surface area contributed by atoms with E-state index >= 15 is 0 Å². The fourth-order valence-electron chi connectivity index (χ4n) is 4.09. The van der Waals surface area contributed by atoms with Crippen molar-refractivity contribution in [3.05, 3.63) is 89.4 Å². The smallest absolute Gasteiger partial charge is 0.243 e. The quantitative estimate of drug-likeness (QED) is 0.266. The monoisotopic (exact) mass is 540 g/mol. The molecule has 0 bridgehead atoms. The molecule has 0 aliphatic carbocycles. The van der Waals surface area contributed by atoms with Gasteiger partial charge in [-0.2, -0.15) is 4.31 Å². The minimum atomic E-state index is -3.91. The van der Waals surface area contributed by atoms with Gasteiger partial charge in [-0.05, 0) is 61.1 Å². The third kappa shape index (κ3) is 8.28. The van der Waals surface area contributed by atoms with E-state index < -0.39 is 10.0 Å². The Balaban J connectivity index is 1.87. The highest BCUT2D eigenvalue weighted by molar-refractivity contribution is 7.89. The zero-order valence-corrected chi connectivity index (χ0v) is 24.0. The number of hydrogen-bond acceptors (Lipinski definition) is 5. The van der Waals surface area contributed by atoms with Crippen molar-refractivity contribution in [2.45, 2.75) is 64.4 Å². The van der Waals surface area contributed by atoms with E-state index in [1.54, 1.807) is 17.0 Å². The molecule has 206 valence electrons. The van der Waals surface area contributed by atoms with Crippen LogP contribution in [0.2, 0.25) is 0 Å². The van der Waals surface area contributed by atoms with E-state index in [9.17, 15) is 13.2 Å². The molecule has 0 fully saturated rings. The van der Waals surface area contributed by atoms with Crippen LogP contribution in [0.3, 0.4) is 0 Å². The van der Waals surface area contributed by atoms with E-state index in [0.717, 1.165) is 16.9 Å². The third-order valence-electron chi connectivity index (χ3n) is 6.28. The van der Waals surface area contributed by atoms with Gasteiger partial charge in [-0.3, -0.25) is 4.79 Å². The summed E-state index contributed by atoms with van der Waals surface area (Å²) in [5, 5.41) is 0. The summed E-state index contributed by atoms with van der Waals surface area (Å²) in [5.41, 5.74) is 1.89. The van der Waals surface area contributed by atoms with Crippen LogP contribution in [0.15, 0.2) is 76.0 Å². The second-order valence-corrected chi connectivity index (χ2v) is 12.3. The molecule has 8 heteroatoms. The van der Waals surface area contributed by atoms with Gasteiger partial charge in [0.05, 0.1) is 18.0 Å². The first-order valence-corrected chi connectivity index (χ1v) is 14.5. The summed E-state index contributed by atoms with van der Waals surface area (Å²) in [6.45, 7) is 11.4. The molecule has 1 heterocycles. The van der Waals surface area contributed by atoms with Crippen molar-refractivity contribution in [2.24, 2.45) is 0 Å². The first-order chi connectivity index (χ1) is 18.0. The van der Waals surface area contributed by atoms with Crippen molar-refractivity contribution < 1.29 is 22.4 Å². The van der Waals surface area contributed by atoms with Gasteiger partial charge in [-0.1, -0.05) is 63.2 Å². The van der Waals surface area contributed by atoms with Gasteiger partial charge in [0.15, 0.2) is 0 Å². The highest BCUT2D eigenvalue weighted by atomic mass is 32.2. The highest BCUT2D eigenvalue weighted by Gasteiger charge is 2.29. The van der Waals surface area contributed by atoms with Gasteiger partial charge in [0.2, 0.25) is 15.9 Å². The summed E-state index contributed by atoms with van der Waals surface area (Å²) in [6.07, 6.45) is 0.483. The second-order valence-electron chi connectivity index (χ2n) is 10.4. The summed E-state index contributed by atoms with van der Waals surface area (Å²) in [4.78, 5) is 15.5. The molecular weight excluding hydrogens is 500 g/mol. The molecule has 1 aromatic heterocycles. The lowest BCUT2D eigenvalue weighted by atomic mass is 9.87. The maximum Gasteiger partial charge on any atom is 0.243 e. The maximum absolute atomic E-state index is 13.7. The number of furan rings is 1. The fraction of sp³-hybridized carbons (Fsp3) is 0.433. The van der Waals surface area contributed by atoms with E-state index in [4.69, 9.17) is 9.15 Å².